The fourth-order valence-corrected chi connectivity index (χ4v) is 4.08. The molecule has 0 amide bonds. The fourth-order valence-electron chi connectivity index (χ4n) is 2.93. The van der Waals surface area contributed by atoms with Crippen molar-refractivity contribution in [2.75, 3.05) is 0 Å². The Kier molecular flexibility index (Phi) is 5.34. The minimum atomic E-state index is -4.09. The second-order valence-corrected chi connectivity index (χ2v) is 7.15. The summed E-state index contributed by atoms with van der Waals surface area (Å²) in [5.41, 5.74) is 2.70. The Morgan fingerprint density at radius 2 is 2.15 bits per heavy atom. The predicted octanol–water partition coefficient (Wildman–Crippen LogP) is 4.14. The van der Waals surface area contributed by atoms with Crippen LogP contribution in [0.4, 0.5) is 13.2 Å². The lowest BCUT2D eigenvalue weighted by atomic mass is 9.76. The van der Waals surface area contributed by atoms with Gasteiger partial charge in [0, 0.05) is 10.9 Å². The van der Waals surface area contributed by atoms with Crippen LogP contribution in [0.25, 0.3) is 0 Å². The average Bonchev–Trinajstić information content (AvgIpc) is 2.81. The molecule has 3 unspecified atom stereocenters. The smallest absolute Gasteiger partial charge is 0.271 e. The lowest BCUT2D eigenvalue weighted by Gasteiger charge is -2.35. The second-order valence-electron chi connectivity index (χ2n) is 5.35. The molecule has 0 aromatic carbocycles. The molecule has 1 fully saturated rings. The summed E-state index contributed by atoms with van der Waals surface area (Å²) in [5, 5.41) is 0. The summed E-state index contributed by atoms with van der Waals surface area (Å²) in [6, 6.07) is 3.57. The summed E-state index contributed by atoms with van der Waals surface area (Å²) in [7, 11) is 0. The Morgan fingerprint density at radius 1 is 1.40 bits per heavy atom. The summed E-state index contributed by atoms with van der Waals surface area (Å²) < 4.78 is 39.2. The topological polar surface area (TPSA) is 38.0 Å². The van der Waals surface area contributed by atoms with E-state index < -0.39 is 12.1 Å². The van der Waals surface area contributed by atoms with Crippen LogP contribution in [0.5, 0.6) is 0 Å². The molecule has 7 heteroatoms. The number of hydrazine groups is 1. The van der Waals surface area contributed by atoms with E-state index in [-0.39, 0.29) is 24.8 Å². The molecule has 0 bridgehead atoms. The highest BCUT2D eigenvalue weighted by Crippen LogP contribution is 2.41. The van der Waals surface area contributed by atoms with Crippen molar-refractivity contribution in [1.82, 2.24) is 5.43 Å². The van der Waals surface area contributed by atoms with E-state index in [9.17, 15) is 13.2 Å². The van der Waals surface area contributed by atoms with Gasteiger partial charge >= 0.3 is 6.18 Å². The molecule has 3 N–H and O–H groups in total. The predicted molar refractivity (Wildman–Crippen MR) is 75.6 cm³/mol. The first-order chi connectivity index (χ1) is 9.40. The molecule has 114 valence electrons. The quantitative estimate of drug-likeness (QED) is 0.644. The van der Waals surface area contributed by atoms with Gasteiger partial charge in [-0.15, -0.1) is 11.3 Å². The number of nitrogens with two attached hydrogens (primary N) is 1. The van der Waals surface area contributed by atoms with E-state index >= 15 is 0 Å². The van der Waals surface area contributed by atoms with Gasteiger partial charge in [0.2, 0.25) is 0 Å². The first kappa shape index (κ1) is 16.1. The summed E-state index contributed by atoms with van der Waals surface area (Å²) in [5.74, 6) is 4.32. The summed E-state index contributed by atoms with van der Waals surface area (Å²) >= 11 is 7.32. The van der Waals surface area contributed by atoms with E-state index in [1.54, 1.807) is 6.07 Å². The Bertz CT molecular complexity index is 435. The van der Waals surface area contributed by atoms with Gasteiger partial charge in [0.1, 0.15) is 0 Å². The number of thiophene rings is 1. The molecule has 3 atom stereocenters. The van der Waals surface area contributed by atoms with Crippen LogP contribution in [0.2, 0.25) is 4.34 Å². The van der Waals surface area contributed by atoms with Crippen molar-refractivity contribution in [3.63, 3.8) is 0 Å². The minimum absolute atomic E-state index is 0.0405. The molecule has 1 aliphatic rings. The molecule has 2 nitrogen and oxygen atoms in total. The third-order valence-electron chi connectivity index (χ3n) is 4.01. The summed E-state index contributed by atoms with van der Waals surface area (Å²) in [4.78, 5) is 1.05. The van der Waals surface area contributed by atoms with Crippen LogP contribution in [0.15, 0.2) is 12.1 Å². The Labute approximate surface area is 125 Å². The Balaban J connectivity index is 2.00. The molecule has 0 radical (unpaired) electrons. The number of rotatable bonds is 4. The van der Waals surface area contributed by atoms with Crippen molar-refractivity contribution in [3.8, 4) is 0 Å². The SMILES string of the molecule is NNC(Cc1ccc(Cl)s1)C1CCCC(C(F)(F)F)C1. The van der Waals surface area contributed by atoms with Crippen LogP contribution < -0.4 is 11.3 Å². The van der Waals surface area contributed by atoms with Crippen molar-refractivity contribution < 1.29 is 13.2 Å². The largest absolute Gasteiger partial charge is 0.391 e. The maximum absolute atomic E-state index is 12.8. The number of hydrogen-bond donors (Lipinski definition) is 2. The zero-order valence-corrected chi connectivity index (χ0v) is 12.5. The van der Waals surface area contributed by atoms with Crippen LogP contribution in [-0.2, 0) is 6.42 Å². The summed E-state index contributed by atoms with van der Waals surface area (Å²) in [6.45, 7) is 0. The van der Waals surface area contributed by atoms with Crippen molar-refractivity contribution in [1.29, 1.82) is 0 Å². The van der Waals surface area contributed by atoms with Gasteiger partial charge in [0.05, 0.1) is 10.3 Å². The number of nitrogens with one attached hydrogen (secondary N) is 1. The highest BCUT2D eigenvalue weighted by atomic mass is 35.5. The van der Waals surface area contributed by atoms with E-state index in [4.69, 9.17) is 17.4 Å². The number of halogens is 4. The highest BCUT2D eigenvalue weighted by Gasteiger charge is 2.43. The maximum atomic E-state index is 12.8. The number of alkyl halides is 3. The molecular formula is C13H18ClF3N2S. The molecule has 20 heavy (non-hydrogen) atoms. The van der Waals surface area contributed by atoms with Gasteiger partial charge in [0.25, 0.3) is 0 Å². The van der Waals surface area contributed by atoms with Crippen molar-refractivity contribution in [2.45, 2.75) is 44.3 Å². The minimum Gasteiger partial charge on any atom is -0.271 e. The normalized spacial score (nSPS) is 25.6. The third-order valence-corrected chi connectivity index (χ3v) is 5.26. The molecule has 0 spiro atoms. The Morgan fingerprint density at radius 3 is 2.70 bits per heavy atom. The first-order valence-electron chi connectivity index (χ1n) is 6.67. The first-order valence-corrected chi connectivity index (χ1v) is 7.86. The number of hydrogen-bond acceptors (Lipinski definition) is 3. The molecule has 1 saturated carbocycles. The van der Waals surface area contributed by atoms with Crippen molar-refractivity contribution in [3.05, 3.63) is 21.3 Å². The zero-order chi connectivity index (χ0) is 14.8. The molecule has 1 aromatic rings. The van der Waals surface area contributed by atoms with Gasteiger partial charge in [-0.25, -0.2) is 0 Å². The van der Waals surface area contributed by atoms with Crippen LogP contribution in [0.3, 0.4) is 0 Å². The van der Waals surface area contributed by atoms with Gasteiger partial charge < -0.3 is 0 Å². The lowest BCUT2D eigenvalue weighted by molar-refractivity contribution is -0.186. The molecule has 2 rings (SSSR count). The molecule has 1 aromatic heterocycles. The standard InChI is InChI=1S/C13H18ClF3N2S/c14-12-5-4-10(20-12)7-11(19-18)8-2-1-3-9(6-8)13(15,16)17/h4-5,8-9,11,19H,1-3,6-7,18H2. The zero-order valence-electron chi connectivity index (χ0n) is 10.9. The fraction of sp³-hybridized carbons (Fsp3) is 0.692. The van der Waals surface area contributed by atoms with Gasteiger partial charge in [-0.3, -0.25) is 11.3 Å². The van der Waals surface area contributed by atoms with Crippen molar-refractivity contribution >= 4 is 22.9 Å². The third kappa shape index (κ3) is 4.10. The molecule has 0 saturated heterocycles. The van der Waals surface area contributed by atoms with E-state index in [1.165, 1.54) is 11.3 Å². The monoisotopic (exact) mass is 326 g/mol. The second kappa shape index (κ2) is 6.64. The van der Waals surface area contributed by atoms with E-state index in [1.807, 2.05) is 6.07 Å². The molecule has 0 aliphatic heterocycles. The van der Waals surface area contributed by atoms with Crippen LogP contribution >= 0.6 is 22.9 Å². The average molecular weight is 327 g/mol. The van der Waals surface area contributed by atoms with Crippen LogP contribution in [-0.4, -0.2) is 12.2 Å². The highest BCUT2D eigenvalue weighted by molar-refractivity contribution is 7.16. The molecule has 1 heterocycles. The van der Waals surface area contributed by atoms with Gasteiger partial charge in [-0.05, 0) is 43.7 Å². The molecular weight excluding hydrogens is 309 g/mol. The van der Waals surface area contributed by atoms with E-state index in [2.05, 4.69) is 5.43 Å². The maximum Gasteiger partial charge on any atom is 0.391 e. The van der Waals surface area contributed by atoms with Crippen molar-refractivity contribution in [2.24, 2.45) is 17.7 Å². The van der Waals surface area contributed by atoms with Crippen LogP contribution in [0, 0.1) is 11.8 Å². The lowest BCUT2D eigenvalue weighted by Crippen LogP contribution is -2.45. The van der Waals surface area contributed by atoms with Gasteiger partial charge in [-0.2, -0.15) is 13.2 Å². The summed E-state index contributed by atoms with van der Waals surface area (Å²) in [6.07, 6.45) is -1.66. The van der Waals surface area contributed by atoms with Crippen LogP contribution in [0.1, 0.15) is 30.6 Å². The Hall–Kier alpha value is -0.300. The molecule has 1 aliphatic carbocycles. The van der Waals surface area contributed by atoms with E-state index in [0.29, 0.717) is 17.2 Å². The van der Waals surface area contributed by atoms with E-state index in [0.717, 1.165) is 11.3 Å². The van der Waals surface area contributed by atoms with Gasteiger partial charge in [0.15, 0.2) is 0 Å². The van der Waals surface area contributed by atoms with Gasteiger partial charge in [-0.1, -0.05) is 18.0 Å².